The second-order valence-electron chi connectivity index (χ2n) is 10.9. The van der Waals surface area contributed by atoms with Crippen LogP contribution in [0, 0.1) is 11.3 Å². The monoisotopic (exact) mass is 500 g/mol. The van der Waals surface area contributed by atoms with Crippen LogP contribution in [0.4, 0.5) is 13.2 Å². The van der Waals surface area contributed by atoms with Crippen LogP contribution in [0.2, 0.25) is 0 Å². The molecule has 2 aliphatic rings. The van der Waals surface area contributed by atoms with E-state index in [1.165, 1.54) is 5.57 Å². The molecule has 0 amide bonds. The van der Waals surface area contributed by atoms with Crippen LogP contribution < -0.4 is 4.74 Å². The minimum atomic E-state index is -4.18. The van der Waals surface area contributed by atoms with Crippen molar-refractivity contribution in [2.75, 3.05) is 0 Å². The Balaban J connectivity index is 1.70. The summed E-state index contributed by atoms with van der Waals surface area (Å²) < 4.78 is 44.6. The van der Waals surface area contributed by atoms with Crippen molar-refractivity contribution in [3.05, 3.63) is 70.3 Å². The number of carboxylic acids is 1. The van der Waals surface area contributed by atoms with Gasteiger partial charge in [0.05, 0.1) is 5.41 Å². The number of fused-ring (bicyclic) bond motifs is 2. The maximum absolute atomic E-state index is 12.8. The molecule has 36 heavy (non-hydrogen) atoms. The molecule has 1 aliphatic carbocycles. The van der Waals surface area contributed by atoms with Crippen molar-refractivity contribution in [1.82, 2.24) is 0 Å². The molecule has 0 saturated heterocycles. The first-order valence-electron chi connectivity index (χ1n) is 12.9. The number of para-hydroxylation sites is 1. The molecule has 0 bridgehead atoms. The smallest absolute Gasteiger partial charge is 0.389 e. The lowest BCUT2D eigenvalue weighted by atomic mass is 9.76. The Hall–Kier alpha value is -2.76. The van der Waals surface area contributed by atoms with E-state index in [1.807, 2.05) is 36.4 Å². The summed E-state index contributed by atoms with van der Waals surface area (Å²) in [6.07, 6.45) is 1.47. The van der Waals surface area contributed by atoms with E-state index in [0.29, 0.717) is 24.5 Å². The number of benzene rings is 2. The topological polar surface area (TPSA) is 46.5 Å². The van der Waals surface area contributed by atoms with Gasteiger partial charge >= 0.3 is 12.1 Å². The predicted molar refractivity (Wildman–Crippen MR) is 135 cm³/mol. The zero-order valence-corrected chi connectivity index (χ0v) is 21.1. The standard InChI is InChI=1S/C30H35F3O3/c1-29(2,28(34)35)18-21-7-3-4-8-22(13-11-21)27-24-14-12-20(15-16-30(31,32)33)17-23(24)19-36-26-10-6-5-9-25(26)27/h5-6,9-10,12,14,17,21H,3-4,7-8,11,13,15-16,18-19H2,1-2H3,(H,34,35)/b27-22+. The molecule has 6 heteroatoms. The van der Waals surface area contributed by atoms with Crippen LogP contribution in [-0.2, 0) is 17.8 Å². The molecule has 0 spiro atoms. The molecule has 1 atom stereocenters. The Kier molecular flexibility index (Phi) is 7.82. The molecule has 0 aromatic heterocycles. The highest BCUT2D eigenvalue weighted by molar-refractivity contribution is 5.87. The number of rotatable bonds is 5. The van der Waals surface area contributed by atoms with Gasteiger partial charge in [-0.2, -0.15) is 13.2 Å². The zero-order valence-electron chi connectivity index (χ0n) is 21.1. The van der Waals surface area contributed by atoms with E-state index in [0.717, 1.165) is 66.5 Å². The summed E-state index contributed by atoms with van der Waals surface area (Å²) in [6.45, 7) is 3.93. The second kappa shape index (κ2) is 10.7. The van der Waals surface area contributed by atoms with E-state index >= 15 is 0 Å². The van der Waals surface area contributed by atoms with Crippen LogP contribution in [0.25, 0.3) is 5.57 Å². The summed E-state index contributed by atoms with van der Waals surface area (Å²) in [5.74, 6) is 0.375. The Bertz CT molecular complexity index is 1130. The minimum Gasteiger partial charge on any atom is -0.488 e. The average Bonchev–Trinajstić information content (AvgIpc) is 2.96. The van der Waals surface area contributed by atoms with Gasteiger partial charge in [-0.15, -0.1) is 0 Å². The number of aryl methyl sites for hydroxylation is 1. The maximum atomic E-state index is 12.8. The van der Waals surface area contributed by atoms with Crippen LogP contribution in [0.3, 0.4) is 0 Å². The molecule has 3 nitrogen and oxygen atoms in total. The number of carboxylic acid groups (broad SMARTS) is 1. The first-order chi connectivity index (χ1) is 17.0. The summed E-state index contributed by atoms with van der Waals surface area (Å²) in [6, 6.07) is 13.6. The molecule has 1 unspecified atom stereocenters. The van der Waals surface area contributed by atoms with Crippen LogP contribution >= 0.6 is 0 Å². The van der Waals surface area contributed by atoms with E-state index < -0.39 is 24.0 Å². The van der Waals surface area contributed by atoms with Gasteiger partial charge in [0.25, 0.3) is 0 Å². The molecule has 1 aliphatic heterocycles. The van der Waals surface area contributed by atoms with Crippen molar-refractivity contribution < 1.29 is 27.8 Å². The number of carbonyl (C=O) groups is 1. The molecule has 4 rings (SSSR count). The molecule has 0 radical (unpaired) electrons. The van der Waals surface area contributed by atoms with Crippen molar-refractivity contribution in [1.29, 1.82) is 0 Å². The summed E-state index contributed by atoms with van der Waals surface area (Å²) in [5, 5.41) is 9.62. The van der Waals surface area contributed by atoms with Gasteiger partial charge in [0.2, 0.25) is 0 Å². The fourth-order valence-corrected chi connectivity index (χ4v) is 5.61. The lowest BCUT2D eigenvalue weighted by Crippen LogP contribution is -2.27. The minimum absolute atomic E-state index is 0.0450. The lowest BCUT2D eigenvalue weighted by molar-refractivity contribution is -0.148. The Morgan fingerprint density at radius 1 is 1.03 bits per heavy atom. The third-order valence-electron chi connectivity index (χ3n) is 7.60. The van der Waals surface area contributed by atoms with E-state index in [9.17, 15) is 23.1 Å². The molecule has 1 N–H and O–H groups in total. The third kappa shape index (κ3) is 6.32. The highest BCUT2D eigenvalue weighted by Gasteiger charge is 2.32. The van der Waals surface area contributed by atoms with Gasteiger partial charge in [-0.1, -0.05) is 54.8 Å². The molecule has 2 aromatic carbocycles. The summed E-state index contributed by atoms with van der Waals surface area (Å²) in [7, 11) is 0. The average molecular weight is 501 g/mol. The number of allylic oxidation sites excluding steroid dienone is 1. The Morgan fingerprint density at radius 3 is 2.56 bits per heavy atom. The number of ether oxygens (including phenoxy) is 1. The molecule has 2 aromatic rings. The maximum Gasteiger partial charge on any atom is 0.389 e. The summed E-state index contributed by atoms with van der Waals surface area (Å²) >= 11 is 0. The van der Waals surface area contributed by atoms with E-state index in [2.05, 4.69) is 6.07 Å². The van der Waals surface area contributed by atoms with Crippen LogP contribution in [0.15, 0.2) is 48.0 Å². The molecular formula is C30H35F3O3. The Labute approximate surface area is 211 Å². The normalized spacial score (nSPS) is 20.9. The highest BCUT2D eigenvalue weighted by atomic mass is 19.4. The Morgan fingerprint density at radius 2 is 1.81 bits per heavy atom. The SMILES string of the molecule is CC(C)(CC1CCCC/C(=C2/c3ccc(CCC(F)(F)F)cc3COc3ccccc32)CC1)C(=O)O. The number of aliphatic carboxylic acids is 1. The van der Waals surface area contributed by atoms with E-state index in [-0.39, 0.29) is 6.42 Å². The van der Waals surface area contributed by atoms with Crippen molar-refractivity contribution in [3.63, 3.8) is 0 Å². The number of hydrogen-bond donors (Lipinski definition) is 1. The molecule has 194 valence electrons. The van der Waals surface area contributed by atoms with E-state index in [4.69, 9.17) is 4.74 Å². The second-order valence-corrected chi connectivity index (χ2v) is 10.9. The predicted octanol–water partition coefficient (Wildman–Crippen LogP) is 8.35. The van der Waals surface area contributed by atoms with Gasteiger partial charge < -0.3 is 9.84 Å². The summed E-state index contributed by atoms with van der Waals surface area (Å²) in [5.41, 5.74) is 5.36. The largest absolute Gasteiger partial charge is 0.488 e. The van der Waals surface area contributed by atoms with E-state index in [1.54, 1.807) is 13.8 Å². The van der Waals surface area contributed by atoms with Crippen molar-refractivity contribution in [2.24, 2.45) is 11.3 Å². The number of hydrogen-bond acceptors (Lipinski definition) is 2. The fraction of sp³-hybridized carbons (Fsp3) is 0.500. The van der Waals surface area contributed by atoms with Gasteiger partial charge in [-0.05, 0) is 86.6 Å². The van der Waals surface area contributed by atoms with Crippen molar-refractivity contribution in [2.45, 2.75) is 84.4 Å². The third-order valence-corrected chi connectivity index (χ3v) is 7.60. The van der Waals surface area contributed by atoms with Crippen LogP contribution in [0.5, 0.6) is 5.75 Å². The van der Waals surface area contributed by atoms with Gasteiger partial charge in [-0.3, -0.25) is 4.79 Å². The first kappa shape index (κ1) is 26.3. The van der Waals surface area contributed by atoms with Gasteiger partial charge in [0, 0.05) is 12.0 Å². The molecule has 1 saturated carbocycles. The number of halogens is 3. The molecule has 1 fully saturated rings. The quantitative estimate of drug-likeness (QED) is 0.449. The van der Waals surface area contributed by atoms with Crippen molar-refractivity contribution in [3.8, 4) is 5.75 Å². The number of alkyl halides is 3. The molecular weight excluding hydrogens is 465 g/mol. The van der Waals surface area contributed by atoms with Crippen LogP contribution in [-0.4, -0.2) is 17.3 Å². The molecule has 1 heterocycles. The van der Waals surface area contributed by atoms with Gasteiger partial charge in [0.15, 0.2) is 0 Å². The first-order valence-corrected chi connectivity index (χ1v) is 12.9. The van der Waals surface area contributed by atoms with Gasteiger partial charge in [0.1, 0.15) is 12.4 Å². The van der Waals surface area contributed by atoms with Crippen LogP contribution in [0.1, 0.15) is 87.5 Å². The lowest BCUT2D eigenvalue weighted by Gasteiger charge is -2.29. The highest BCUT2D eigenvalue weighted by Crippen LogP contribution is 2.43. The van der Waals surface area contributed by atoms with Crippen molar-refractivity contribution >= 4 is 11.5 Å². The van der Waals surface area contributed by atoms with Gasteiger partial charge in [-0.25, -0.2) is 0 Å². The fourth-order valence-electron chi connectivity index (χ4n) is 5.61. The summed E-state index contributed by atoms with van der Waals surface area (Å²) in [4.78, 5) is 11.7. The zero-order chi connectivity index (χ0) is 25.9.